The highest BCUT2D eigenvalue weighted by molar-refractivity contribution is 7.92. The molecule has 0 aliphatic carbocycles. The molecule has 0 radical (unpaired) electrons. The van der Waals surface area contributed by atoms with E-state index in [1.807, 2.05) is 6.92 Å². The van der Waals surface area contributed by atoms with Crippen LogP contribution in [0.1, 0.15) is 13.8 Å². The molecule has 7 nitrogen and oxygen atoms in total. The van der Waals surface area contributed by atoms with Crippen molar-refractivity contribution >= 4 is 38.9 Å². The Hall–Kier alpha value is -2.45. The lowest BCUT2D eigenvalue weighted by Crippen LogP contribution is -2.45. The van der Waals surface area contributed by atoms with Crippen LogP contribution >= 0.6 is 11.6 Å². The predicted octanol–water partition coefficient (Wildman–Crippen LogP) is 3.54. The summed E-state index contributed by atoms with van der Waals surface area (Å²) in [6.45, 7) is 3.90. The molecule has 28 heavy (non-hydrogen) atoms. The molecule has 152 valence electrons. The van der Waals surface area contributed by atoms with Crippen LogP contribution in [0.25, 0.3) is 0 Å². The van der Waals surface area contributed by atoms with Gasteiger partial charge in [0.15, 0.2) is 0 Å². The van der Waals surface area contributed by atoms with E-state index in [1.165, 1.54) is 20.1 Å². The molecule has 2 aromatic carbocycles. The van der Waals surface area contributed by atoms with Crippen LogP contribution in [0.5, 0.6) is 11.5 Å². The van der Waals surface area contributed by atoms with Crippen LogP contribution in [0.3, 0.4) is 0 Å². The number of carbonyl (C=O) groups is 1. The van der Waals surface area contributed by atoms with Crippen LogP contribution in [0.4, 0.5) is 11.4 Å². The Morgan fingerprint density at radius 2 is 1.86 bits per heavy atom. The van der Waals surface area contributed by atoms with Crippen molar-refractivity contribution in [2.24, 2.45) is 0 Å². The maximum atomic E-state index is 12.7. The molecular weight excluding hydrogens is 404 g/mol. The van der Waals surface area contributed by atoms with Crippen LogP contribution in [0, 0.1) is 0 Å². The van der Waals surface area contributed by atoms with E-state index in [1.54, 1.807) is 36.4 Å². The number of halogens is 1. The number of hydrogen-bond donors (Lipinski definition) is 1. The van der Waals surface area contributed by atoms with Crippen LogP contribution < -0.4 is 19.1 Å². The minimum absolute atomic E-state index is 0.187. The molecule has 0 saturated heterocycles. The molecule has 0 heterocycles. The molecule has 0 spiro atoms. The van der Waals surface area contributed by atoms with Gasteiger partial charge in [-0.2, -0.15) is 0 Å². The fourth-order valence-corrected chi connectivity index (χ4v) is 4.00. The number of nitrogens with one attached hydrogen (secondary N) is 1. The van der Waals surface area contributed by atoms with Gasteiger partial charge in [0.2, 0.25) is 15.9 Å². The summed E-state index contributed by atoms with van der Waals surface area (Å²) in [5.74, 6) is 0.460. The molecule has 1 amide bonds. The number of benzene rings is 2. The predicted molar refractivity (Wildman–Crippen MR) is 111 cm³/mol. The number of rotatable bonds is 8. The highest BCUT2D eigenvalue weighted by Gasteiger charge is 2.31. The van der Waals surface area contributed by atoms with Crippen molar-refractivity contribution < 1.29 is 22.7 Å². The minimum Gasteiger partial charge on any atom is -0.495 e. The summed E-state index contributed by atoms with van der Waals surface area (Å²) in [4.78, 5) is 12.7. The van der Waals surface area contributed by atoms with Crippen molar-refractivity contribution in [3.05, 3.63) is 47.5 Å². The number of anilines is 2. The summed E-state index contributed by atoms with van der Waals surface area (Å²) in [7, 11) is -2.39. The number of carbonyl (C=O) groups excluding carboxylic acids is 1. The van der Waals surface area contributed by atoms with E-state index in [4.69, 9.17) is 21.1 Å². The maximum Gasteiger partial charge on any atom is 0.247 e. The van der Waals surface area contributed by atoms with E-state index in [0.29, 0.717) is 23.1 Å². The zero-order chi connectivity index (χ0) is 20.9. The monoisotopic (exact) mass is 426 g/mol. The van der Waals surface area contributed by atoms with E-state index < -0.39 is 22.0 Å². The third-order valence-electron chi connectivity index (χ3n) is 3.90. The molecule has 0 saturated carbocycles. The summed E-state index contributed by atoms with van der Waals surface area (Å²) >= 11 is 6.03. The van der Waals surface area contributed by atoms with Gasteiger partial charge >= 0.3 is 0 Å². The molecule has 0 fully saturated rings. The number of ether oxygens (including phenoxy) is 2. The van der Waals surface area contributed by atoms with Crippen LogP contribution in [-0.4, -0.2) is 40.3 Å². The Morgan fingerprint density at radius 3 is 2.39 bits per heavy atom. The van der Waals surface area contributed by atoms with Crippen LogP contribution in [0.15, 0.2) is 42.5 Å². The Morgan fingerprint density at radius 1 is 1.21 bits per heavy atom. The van der Waals surface area contributed by atoms with Gasteiger partial charge in [-0.3, -0.25) is 9.10 Å². The molecule has 9 heteroatoms. The van der Waals surface area contributed by atoms with Gasteiger partial charge < -0.3 is 14.8 Å². The number of nitrogens with zero attached hydrogens (tertiary/aromatic N) is 1. The Kier molecular flexibility index (Phi) is 7.15. The summed E-state index contributed by atoms with van der Waals surface area (Å²) in [6.07, 6.45) is 1.02. The summed E-state index contributed by atoms with van der Waals surface area (Å²) in [5, 5.41) is 3.03. The van der Waals surface area contributed by atoms with Gasteiger partial charge in [0, 0.05) is 10.7 Å². The van der Waals surface area contributed by atoms with Crippen LogP contribution in [0.2, 0.25) is 5.02 Å². The number of amides is 1. The van der Waals surface area contributed by atoms with E-state index in [9.17, 15) is 13.2 Å². The normalized spacial score (nSPS) is 12.2. The SMILES string of the molecule is CCOc1ccc(NC(=O)C(C)N(c2cc(Cl)ccc2OC)S(C)(=O)=O)cc1. The standard InChI is InChI=1S/C19H23ClN2O5S/c1-5-27-16-9-7-15(8-10-16)21-19(23)13(2)22(28(4,24)25)17-12-14(20)6-11-18(17)26-3/h6-13H,5H2,1-4H3,(H,21,23). The minimum atomic E-state index is -3.80. The van der Waals surface area contributed by atoms with Gasteiger partial charge in [0.05, 0.1) is 25.7 Å². The topological polar surface area (TPSA) is 84.9 Å². The lowest BCUT2D eigenvalue weighted by Gasteiger charge is -2.29. The molecule has 0 bridgehead atoms. The van der Waals surface area contributed by atoms with E-state index in [-0.39, 0.29) is 11.4 Å². The quantitative estimate of drug-likeness (QED) is 0.697. The van der Waals surface area contributed by atoms with Gasteiger partial charge in [-0.05, 0) is 56.3 Å². The van der Waals surface area contributed by atoms with E-state index in [2.05, 4.69) is 5.32 Å². The van der Waals surface area contributed by atoms with Crippen molar-refractivity contribution in [1.29, 1.82) is 0 Å². The van der Waals surface area contributed by atoms with Gasteiger partial charge in [-0.1, -0.05) is 11.6 Å². The first-order valence-corrected chi connectivity index (χ1v) is 10.8. The fourth-order valence-electron chi connectivity index (χ4n) is 2.66. The largest absolute Gasteiger partial charge is 0.495 e. The zero-order valence-corrected chi connectivity index (χ0v) is 17.7. The first kappa shape index (κ1) is 21.8. The van der Waals surface area contributed by atoms with Crippen molar-refractivity contribution in [1.82, 2.24) is 0 Å². The van der Waals surface area contributed by atoms with E-state index in [0.717, 1.165) is 10.6 Å². The fraction of sp³-hybridized carbons (Fsp3) is 0.316. The van der Waals surface area contributed by atoms with Crippen molar-refractivity contribution in [2.45, 2.75) is 19.9 Å². The number of sulfonamides is 1. The van der Waals surface area contributed by atoms with Crippen molar-refractivity contribution in [3.63, 3.8) is 0 Å². The smallest absolute Gasteiger partial charge is 0.247 e. The second kappa shape index (κ2) is 9.16. The third kappa shape index (κ3) is 5.30. The molecule has 1 atom stereocenters. The molecule has 0 aliphatic rings. The Balaban J connectivity index is 2.32. The van der Waals surface area contributed by atoms with Gasteiger partial charge in [0.25, 0.3) is 0 Å². The molecule has 2 rings (SSSR count). The summed E-state index contributed by atoms with van der Waals surface area (Å²) < 4.78 is 36.5. The highest BCUT2D eigenvalue weighted by Crippen LogP contribution is 2.34. The number of methoxy groups -OCH3 is 1. The van der Waals surface area contributed by atoms with E-state index >= 15 is 0 Å². The maximum absolute atomic E-state index is 12.7. The molecule has 0 aliphatic heterocycles. The lowest BCUT2D eigenvalue weighted by molar-refractivity contribution is -0.116. The van der Waals surface area contributed by atoms with Gasteiger partial charge in [0.1, 0.15) is 17.5 Å². The first-order valence-electron chi connectivity index (χ1n) is 8.54. The van der Waals surface area contributed by atoms with Crippen molar-refractivity contribution in [3.8, 4) is 11.5 Å². The second-order valence-corrected chi connectivity index (χ2v) is 8.29. The lowest BCUT2D eigenvalue weighted by atomic mass is 10.2. The highest BCUT2D eigenvalue weighted by atomic mass is 35.5. The second-order valence-electron chi connectivity index (χ2n) is 6.00. The molecule has 1 unspecified atom stereocenters. The average Bonchev–Trinajstić information content (AvgIpc) is 2.62. The molecule has 1 N–H and O–H groups in total. The average molecular weight is 427 g/mol. The van der Waals surface area contributed by atoms with Crippen LogP contribution in [-0.2, 0) is 14.8 Å². The summed E-state index contributed by atoms with van der Waals surface area (Å²) in [5.41, 5.74) is 0.707. The molecular formula is C19H23ClN2O5S. The van der Waals surface area contributed by atoms with Crippen molar-refractivity contribution in [2.75, 3.05) is 29.6 Å². The molecule has 0 aromatic heterocycles. The summed E-state index contributed by atoms with van der Waals surface area (Å²) in [6, 6.07) is 10.3. The third-order valence-corrected chi connectivity index (χ3v) is 5.36. The number of hydrogen-bond acceptors (Lipinski definition) is 5. The first-order chi connectivity index (χ1) is 13.2. The molecule has 2 aromatic rings. The Labute approximate surface area is 170 Å². The Bertz CT molecular complexity index is 932. The van der Waals surface area contributed by atoms with Gasteiger partial charge in [-0.25, -0.2) is 8.42 Å². The zero-order valence-electron chi connectivity index (χ0n) is 16.1. The van der Waals surface area contributed by atoms with Gasteiger partial charge in [-0.15, -0.1) is 0 Å².